The van der Waals surface area contributed by atoms with Crippen molar-refractivity contribution >= 4 is 11.6 Å². The summed E-state index contributed by atoms with van der Waals surface area (Å²) in [5, 5.41) is 2.83. The number of pyridine rings is 1. The lowest BCUT2D eigenvalue weighted by Gasteiger charge is -2.12. The highest BCUT2D eigenvalue weighted by Gasteiger charge is 2.14. The van der Waals surface area contributed by atoms with E-state index in [1.54, 1.807) is 24.4 Å². The van der Waals surface area contributed by atoms with Crippen LogP contribution in [0.4, 0.5) is 5.69 Å². The van der Waals surface area contributed by atoms with Crippen LogP contribution in [0.5, 0.6) is 11.6 Å². The summed E-state index contributed by atoms with van der Waals surface area (Å²) in [7, 11) is 1.48. The molecule has 0 aliphatic rings. The van der Waals surface area contributed by atoms with Crippen molar-refractivity contribution in [3.8, 4) is 11.6 Å². The van der Waals surface area contributed by atoms with E-state index in [-0.39, 0.29) is 5.91 Å². The number of carbonyl (C=O) groups excluding carboxylic acids is 1. The number of benzene rings is 1. The van der Waals surface area contributed by atoms with Crippen molar-refractivity contribution in [1.29, 1.82) is 0 Å². The SMILES string of the molecule is CCCOc1ccccc1NC(=O)c1cccnc1OC. The summed E-state index contributed by atoms with van der Waals surface area (Å²) in [6, 6.07) is 10.7. The van der Waals surface area contributed by atoms with Gasteiger partial charge in [-0.25, -0.2) is 4.98 Å². The largest absolute Gasteiger partial charge is 0.491 e. The number of anilines is 1. The topological polar surface area (TPSA) is 60.5 Å². The van der Waals surface area contributed by atoms with Gasteiger partial charge in [0.25, 0.3) is 5.91 Å². The molecule has 0 saturated heterocycles. The van der Waals surface area contributed by atoms with Crippen molar-refractivity contribution in [1.82, 2.24) is 4.98 Å². The Morgan fingerprint density at radius 3 is 2.81 bits per heavy atom. The first-order valence-electron chi connectivity index (χ1n) is 6.78. The van der Waals surface area contributed by atoms with Gasteiger partial charge in [-0.2, -0.15) is 0 Å². The van der Waals surface area contributed by atoms with Gasteiger partial charge in [-0.3, -0.25) is 4.79 Å². The molecule has 1 amide bonds. The zero-order chi connectivity index (χ0) is 15.1. The third-order valence-corrected chi connectivity index (χ3v) is 2.81. The molecule has 0 atom stereocenters. The van der Waals surface area contributed by atoms with E-state index in [0.717, 1.165) is 6.42 Å². The molecule has 5 heteroatoms. The van der Waals surface area contributed by atoms with E-state index < -0.39 is 0 Å². The average molecular weight is 286 g/mol. The molecule has 1 N–H and O–H groups in total. The van der Waals surface area contributed by atoms with Gasteiger partial charge in [0.1, 0.15) is 11.3 Å². The van der Waals surface area contributed by atoms with Gasteiger partial charge in [-0.15, -0.1) is 0 Å². The van der Waals surface area contributed by atoms with Gasteiger partial charge in [-0.05, 0) is 30.7 Å². The van der Waals surface area contributed by atoms with Crippen LogP contribution in [0, 0.1) is 0 Å². The second-order valence-corrected chi connectivity index (χ2v) is 4.36. The lowest BCUT2D eigenvalue weighted by molar-refractivity contribution is 0.102. The van der Waals surface area contributed by atoms with Crippen LogP contribution in [-0.2, 0) is 0 Å². The van der Waals surface area contributed by atoms with E-state index in [1.807, 2.05) is 25.1 Å². The number of nitrogens with one attached hydrogen (secondary N) is 1. The summed E-state index contributed by atoms with van der Waals surface area (Å²) in [6.45, 7) is 2.63. The Hall–Kier alpha value is -2.56. The van der Waals surface area contributed by atoms with E-state index in [9.17, 15) is 4.79 Å². The third kappa shape index (κ3) is 3.72. The highest BCUT2D eigenvalue weighted by atomic mass is 16.5. The maximum Gasteiger partial charge on any atom is 0.261 e. The summed E-state index contributed by atoms with van der Waals surface area (Å²) < 4.78 is 10.7. The fourth-order valence-corrected chi connectivity index (χ4v) is 1.82. The molecule has 0 spiro atoms. The zero-order valence-corrected chi connectivity index (χ0v) is 12.1. The second-order valence-electron chi connectivity index (χ2n) is 4.36. The molecule has 0 bridgehead atoms. The Labute approximate surface area is 123 Å². The van der Waals surface area contributed by atoms with Crippen LogP contribution in [0.1, 0.15) is 23.7 Å². The van der Waals surface area contributed by atoms with Crippen LogP contribution >= 0.6 is 0 Å². The van der Waals surface area contributed by atoms with Crippen molar-refractivity contribution in [3.05, 3.63) is 48.2 Å². The lowest BCUT2D eigenvalue weighted by atomic mass is 10.2. The van der Waals surface area contributed by atoms with Crippen molar-refractivity contribution in [3.63, 3.8) is 0 Å². The highest BCUT2D eigenvalue weighted by molar-refractivity contribution is 6.06. The standard InChI is InChI=1S/C16H18N2O3/c1-3-11-21-14-9-5-4-8-13(14)18-15(19)12-7-6-10-17-16(12)20-2/h4-10H,3,11H2,1-2H3,(H,18,19). The fraction of sp³-hybridized carbons (Fsp3) is 0.250. The molecule has 2 rings (SSSR count). The summed E-state index contributed by atoms with van der Waals surface area (Å²) in [5.41, 5.74) is 1.01. The molecule has 5 nitrogen and oxygen atoms in total. The van der Waals surface area contributed by atoms with Crippen LogP contribution in [0.3, 0.4) is 0 Å². The Bertz CT molecular complexity index is 614. The minimum absolute atomic E-state index is 0.285. The molecule has 0 unspecified atom stereocenters. The van der Waals surface area contributed by atoms with Crippen molar-refractivity contribution < 1.29 is 14.3 Å². The summed E-state index contributed by atoms with van der Waals surface area (Å²) in [5.74, 6) is 0.657. The molecular formula is C16H18N2O3. The molecule has 0 aliphatic carbocycles. The second kappa shape index (κ2) is 7.28. The van der Waals surface area contributed by atoms with E-state index in [0.29, 0.717) is 29.5 Å². The fourth-order valence-electron chi connectivity index (χ4n) is 1.82. The summed E-state index contributed by atoms with van der Waals surface area (Å²) in [6.07, 6.45) is 2.48. The lowest BCUT2D eigenvalue weighted by Crippen LogP contribution is -2.14. The minimum Gasteiger partial charge on any atom is -0.491 e. The molecule has 1 aromatic carbocycles. The number of para-hydroxylation sites is 2. The van der Waals surface area contributed by atoms with Crippen LogP contribution < -0.4 is 14.8 Å². The number of nitrogens with zero attached hydrogens (tertiary/aromatic N) is 1. The number of rotatable bonds is 6. The molecule has 0 radical (unpaired) electrons. The Morgan fingerprint density at radius 2 is 2.05 bits per heavy atom. The Kier molecular flexibility index (Phi) is 5.15. The number of amides is 1. The number of hydrogen-bond donors (Lipinski definition) is 1. The monoisotopic (exact) mass is 286 g/mol. The predicted molar refractivity (Wildman–Crippen MR) is 81.0 cm³/mol. The third-order valence-electron chi connectivity index (χ3n) is 2.81. The zero-order valence-electron chi connectivity index (χ0n) is 12.1. The normalized spacial score (nSPS) is 10.0. The first-order valence-corrected chi connectivity index (χ1v) is 6.78. The van der Waals surface area contributed by atoms with Crippen LogP contribution in [0.2, 0.25) is 0 Å². The van der Waals surface area contributed by atoms with E-state index in [1.165, 1.54) is 7.11 Å². The van der Waals surface area contributed by atoms with Gasteiger partial charge >= 0.3 is 0 Å². The van der Waals surface area contributed by atoms with Crippen molar-refractivity contribution in [2.45, 2.75) is 13.3 Å². The first-order chi connectivity index (χ1) is 10.3. The van der Waals surface area contributed by atoms with Crippen LogP contribution in [-0.4, -0.2) is 24.6 Å². The molecule has 21 heavy (non-hydrogen) atoms. The van der Waals surface area contributed by atoms with Gasteiger partial charge in [0.05, 0.1) is 19.4 Å². The molecule has 1 heterocycles. The molecule has 1 aromatic heterocycles. The van der Waals surface area contributed by atoms with Gasteiger partial charge in [0.15, 0.2) is 0 Å². The first kappa shape index (κ1) is 14.8. The van der Waals surface area contributed by atoms with Crippen molar-refractivity contribution in [2.75, 3.05) is 19.0 Å². The predicted octanol–water partition coefficient (Wildman–Crippen LogP) is 3.13. The molecule has 110 valence electrons. The number of hydrogen-bond acceptors (Lipinski definition) is 4. The van der Waals surface area contributed by atoms with Gasteiger partial charge in [0.2, 0.25) is 5.88 Å². The molecular weight excluding hydrogens is 268 g/mol. The number of ether oxygens (including phenoxy) is 2. The summed E-state index contributed by atoms with van der Waals surface area (Å²) >= 11 is 0. The van der Waals surface area contributed by atoms with Gasteiger partial charge < -0.3 is 14.8 Å². The van der Waals surface area contributed by atoms with Crippen LogP contribution in [0.15, 0.2) is 42.6 Å². The van der Waals surface area contributed by atoms with Gasteiger partial charge in [-0.1, -0.05) is 19.1 Å². The average Bonchev–Trinajstić information content (AvgIpc) is 2.54. The smallest absolute Gasteiger partial charge is 0.261 e. The quantitative estimate of drug-likeness (QED) is 0.886. The van der Waals surface area contributed by atoms with E-state index in [4.69, 9.17) is 9.47 Å². The van der Waals surface area contributed by atoms with E-state index in [2.05, 4.69) is 10.3 Å². The number of carbonyl (C=O) groups is 1. The van der Waals surface area contributed by atoms with Gasteiger partial charge in [0, 0.05) is 6.20 Å². The minimum atomic E-state index is -0.285. The Morgan fingerprint density at radius 1 is 1.24 bits per heavy atom. The number of aromatic nitrogens is 1. The maximum atomic E-state index is 12.3. The molecule has 0 aliphatic heterocycles. The molecule has 2 aromatic rings. The summed E-state index contributed by atoms with van der Waals surface area (Å²) in [4.78, 5) is 16.4. The Balaban J connectivity index is 2.19. The van der Waals surface area contributed by atoms with Crippen LogP contribution in [0.25, 0.3) is 0 Å². The highest BCUT2D eigenvalue weighted by Crippen LogP contribution is 2.25. The van der Waals surface area contributed by atoms with E-state index >= 15 is 0 Å². The molecule has 0 saturated carbocycles. The maximum absolute atomic E-state index is 12.3. The molecule has 0 fully saturated rings. The van der Waals surface area contributed by atoms with Crippen molar-refractivity contribution in [2.24, 2.45) is 0 Å². The number of methoxy groups -OCH3 is 1.